The standard InChI is InChI=1S/C13H17N3OS/c1-9-7-18-8-10(9)11-15-12(17-16-11)13(2)3-5-14-6-4-13/h7-8,14H,3-6H2,1-2H3. The van der Waals surface area contributed by atoms with Crippen molar-refractivity contribution in [2.45, 2.75) is 32.1 Å². The van der Waals surface area contributed by atoms with Crippen LogP contribution in [0.1, 0.15) is 31.2 Å². The summed E-state index contributed by atoms with van der Waals surface area (Å²) in [6, 6.07) is 0. The van der Waals surface area contributed by atoms with Gasteiger partial charge in [0.2, 0.25) is 11.7 Å². The van der Waals surface area contributed by atoms with Crippen molar-refractivity contribution in [3.05, 3.63) is 22.2 Å². The highest BCUT2D eigenvalue weighted by Gasteiger charge is 2.34. The highest BCUT2D eigenvalue weighted by atomic mass is 32.1. The van der Waals surface area contributed by atoms with Crippen LogP contribution in [0.15, 0.2) is 15.3 Å². The molecule has 0 spiro atoms. The van der Waals surface area contributed by atoms with Crippen LogP contribution in [0, 0.1) is 6.92 Å². The molecule has 0 radical (unpaired) electrons. The van der Waals surface area contributed by atoms with Gasteiger partial charge in [0.15, 0.2) is 0 Å². The lowest BCUT2D eigenvalue weighted by Crippen LogP contribution is -2.37. The summed E-state index contributed by atoms with van der Waals surface area (Å²) in [6.07, 6.45) is 2.11. The SMILES string of the molecule is Cc1cscc1-c1noc(C2(C)CCNCC2)n1. The summed E-state index contributed by atoms with van der Waals surface area (Å²) in [7, 11) is 0. The normalized spacial score (nSPS) is 19.0. The zero-order valence-electron chi connectivity index (χ0n) is 10.7. The van der Waals surface area contributed by atoms with Crippen LogP contribution < -0.4 is 5.32 Å². The fourth-order valence-electron chi connectivity index (χ4n) is 2.36. The first-order valence-electron chi connectivity index (χ1n) is 6.27. The van der Waals surface area contributed by atoms with Crippen molar-refractivity contribution in [1.82, 2.24) is 15.5 Å². The van der Waals surface area contributed by atoms with Crippen LogP contribution >= 0.6 is 11.3 Å². The number of rotatable bonds is 2. The predicted octanol–water partition coefficient (Wildman–Crippen LogP) is 2.75. The molecule has 0 amide bonds. The molecule has 1 fully saturated rings. The van der Waals surface area contributed by atoms with E-state index in [9.17, 15) is 0 Å². The van der Waals surface area contributed by atoms with Crippen LogP contribution in [0.4, 0.5) is 0 Å². The van der Waals surface area contributed by atoms with Gasteiger partial charge in [-0.3, -0.25) is 0 Å². The van der Waals surface area contributed by atoms with Gasteiger partial charge in [0.1, 0.15) is 0 Å². The molecule has 3 rings (SSSR count). The van der Waals surface area contributed by atoms with E-state index < -0.39 is 0 Å². The molecule has 4 nitrogen and oxygen atoms in total. The zero-order valence-corrected chi connectivity index (χ0v) is 11.5. The van der Waals surface area contributed by atoms with Gasteiger partial charge in [0, 0.05) is 16.4 Å². The van der Waals surface area contributed by atoms with Gasteiger partial charge in [0.25, 0.3) is 0 Å². The second-order valence-electron chi connectivity index (χ2n) is 5.20. The van der Waals surface area contributed by atoms with E-state index in [0.717, 1.165) is 43.2 Å². The third kappa shape index (κ3) is 1.97. The molecule has 0 unspecified atom stereocenters. The molecule has 0 saturated carbocycles. The van der Waals surface area contributed by atoms with Crippen LogP contribution in [0.25, 0.3) is 11.4 Å². The number of thiophene rings is 1. The summed E-state index contributed by atoms with van der Waals surface area (Å²) in [5.74, 6) is 1.51. The zero-order chi connectivity index (χ0) is 12.6. The number of aromatic nitrogens is 2. The molecule has 96 valence electrons. The molecule has 1 saturated heterocycles. The van der Waals surface area contributed by atoms with Gasteiger partial charge in [-0.2, -0.15) is 16.3 Å². The summed E-state index contributed by atoms with van der Waals surface area (Å²) in [5.41, 5.74) is 2.33. The average molecular weight is 263 g/mol. The fraction of sp³-hybridized carbons (Fsp3) is 0.538. The second-order valence-corrected chi connectivity index (χ2v) is 5.95. The minimum atomic E-state index is 0.0282. The summed E-state index contributed by atoms with van der Waals surface area (Å²) in [4.78, 5) is 4.61. The van der Waals surface area contributed by atoms with E-state index >= 15 is 0 Å². The fourth-order valence-corrected chi connectivity index (χ4v) is 3.19. The first kappa shape index (κ1) is 11.9. The second kappa shape index (κ2) is 4.48. The minimum Gasteiger partial charge on any atom is -0.338 e. The molecular weight excluding hydrogens is 246 g/mol. The molecule has 0 bridgehead atoms. The van der Waals surface area contributed by atoms with Crippen molar-refractivity contribution in [3.8, 4) is 11.4 Å². The lowest BCUT2D eigenvalue weighted by atomic mass is 9.81. The van der Waals surface area contributed by atoms with Crippen molar-refractivity contribution in [1.29, 1.82) is 0 Å². The van der Waals surface area contributed by atoms with E-state index in [0.29, 0.717) is 0 Å². The third-order valence-electron chi connectivity index (χ3n) is 3.75. The maximum Gasteiger partial charge on any atom is 0.232 e. The lowest BCUT2D eigenvalue weighted by molar-refractivity contribution is 0.241. The van der Waals surface area contributed by atoms with Crippen LogP contribution in [0.5, 0.6) is 0 Å². The van der Waals surface area contributed by atoms with E-state index in [4.69, 9.17) is 4.52 Å². The summed E-state index contributed by atoms with van der Waals surface area (Å²) < 4.78 is 5.50. The molecule has 2 aromatic rings. The smallest absolute Gasteiger partial charge is 0.232 e. The Morgan fingerprint density at radius 3 is 2.78 bits per heavy atom. The van der Waals surface area contributed by atoms with Gasteiger partial charge in [-0.05, 0) is 43.8 Å². The Balaban J connectivity index is 1.92. The number of hydrogen-bond donors (Lipinski definition) is 1. The Hall–Kier alpha value is -1.20. The maximum atomic E-state index is 5.50. The van der Waals surface area contributed by atoms with Crippen molar-refractivity contribution in [2.24, 2.45) is 0 Å². The van der Waals surface area contributed by atoms with Crippen molar-refractivity contribution in [2.75, 3.05) is 13.1 Å². The van der Waals surface area contributed by atoms with E-state index in [-0.39, 0.29) is 5.41 Å². The van der Waals surface area contributed by atoms with E-state index in [1.54, 1.807) is 11.3 Å². The Morgan fingerprint density at radius 2 is 2.11 bits per heavy atom. The molecule has 5 heteroatoms. The minimum absolute atomic E-state index is 0.0282. The lowest BCUT2D eigenvalue weighted by Gasteiger charge is -2.30. The van der Waals surface area contributed by atoms with Gasteiger partial charge in [-0.15, -0.1) is 0 Å². The van der Waals surface area contributed by atoms with Gasteiger partial charge in [-0.25, -0.2) is 0 Å². The topological polar surface area (TPSA) is 51.0 Å². The molecule has 0 atom stereocenters. The molecule has 0 aliphatic carbocycles. The van der Waals surface area contributed by atoms with Crippen LogP contribution in [0.3, 0.4) is 0 Å². The first-order chi connectivity index (χ1) is 8.69. The Kier molecular flexibility index (Phi) is 2.95. The number of piperidine rings is 1. The molecule has 1 aliphatic heterocycles. The van der Waals surface area contributed by atoms with Crippen LogP contribution in [0.2, 0.25) is 0 Å². The number of nitrogens with one attached hydrogen (secondary N) is 1. The van der Waals surface area contributed by atoms with Crippen molar-refractivity contribution in [3.63, 3.8) is 0 Å². The predicted molar refractivity (Wildman–Crippen MR) is 71.8 cm³/mol. The Labute approximate surface area is 110 Å². The molecule has 1 N–H and O–H groups in total. The monoisotopic (exact) mass is 263 g/mol. The summed E-state index contributed by atoms with van der Waals surface area (Å²) >= 11 is 1.67. The van der Waals surface area contributed by atoms with Gasteiger partial charge < -0.3 is 9.84 Å². The molecule has 0 aromatic carbocycles. The van der Waals surface area contributed by atoms with Crippen molar-refractivity contribution >= 4 is 11.3 Å². The number of aryl methyl sites for hydroxylation is 1. The Bertz CT molecular complexity index is 540. The Morgan fingerprint density at radius 1 is 1.33 bits per heavy atom. The molecular formula is C13H17N3OS. The van der Waals surface area contributed by atoms with Crippen molar-refractivity contribution < 1.29 is 4.52 Å². The molecule has 2 aromatic heterocycles. The van der Waals surface area contributed by atoms with E-state index in [1.165, 1.54) is 5.56 Å². The van der Waals surface area contributed by atoms with Crippen LogP contribution in [-0.2, 0) is 5.41 Å². The highest BCUT2D eigenvalue weighted by Crippen LogP contribution is 2.33. The molecule has 1 aliphatic rings. The summed E-state index contributed by atoms with van der Waals surface area (Å²) in [5, 5.41) is 11.7. The van der Waals surface area contributed by atoms with Gasteiger partial charge >= 0.3 is 0 Å². The first-order valence-corrected chi connectivity index (χ1v) is 7.21. The van der Waals surface area contributed by atoms with E-state index in [1.807, 2.05) is 0 Å². The number of nitrogens with zero attached hydrogens (tertiary/aromatic N) is 2. The van der Waals surface area contributed by atoms with E-state index in [2.05, 4.69) is 40.1 Å². The van der Waals surface area contributed by atoms with Crippen LogP contribution in [-0.4, -0.2) is 23.2 Å². The largest absolute Gasteiger partial charge is 0.338 e. The van der Waals surface area contributed by atoms with Gasteiger partial charge in [-0.1, -0.05) is 12.1 Å². The molecule has 3 heterocycles. The maximum absolute atomic E-state index is 5.50. The highest BCUT2D eigenvalue weighted by molar-refractivity contribution is 7.08. The quantitative estimate of drug-likeness (QED) is 0.905. The molecule has 18 heavy (non-hydrogen) atoms. The summed E-state index contributed by atoms with van der Waals surface area (Å²) in [6.45, 7) is 6.33. The van der Waals surface area contributed by atoms with Gasteiger partial charge in [0.05, 0.1) is 0 Å². The average Bonchev–Trinajstić information content (AvgIpc) is 2.98. The number of hydrogen-bond acceptors (Lipinski definition) is 5. The third-order valence-corrected chi connectivity index (χ3v) is 4.61.